The predicted molar refractivity (Wildman–Crippen MR) is 98.2 cm³/mol. The van der Waals surface area contributed by atoms with Crippen molar-refractivity contribution in [3.63, 3.8) is 0 Å². The smallest absolute Gasteiger partial charge is 0.272 e. The molecule has 1 amide bonds. The van der Waals surface area contributed by atoms with E-state index >= 15 is 0 Å². The quantitative estimate of drug-likeness (QED) is 0.819. The standard InChI is InChI=1S/C19H27N5O2/c1-13-11-23(12-14(2)26-13)16-5-9-22(10-6-16)18(25)17-15(3)21-19-20-7-4-8-24(17)19/h4,7-8,13-14,16H,5-6,9-12H2,1-3H3/t13-,14+. The van der Waals surface area contributed by atoms with Crippen molar-refractivity contribution < 1.29 is 9.53 Å². The van der Waals surface area contributed by atoms with Gasteiger partial charge < -0.3 is 9.64 Å². The van der Waals surface area contributed by atoms with Crippen LogP contribution in [0.3, 0.4) is 0 Å². The number of ether oxygens (including phenoxy) is 1. The molecule has 2 aromatic heterocycles. The van der Waals surface area contributed by atoms with Gasteiger partial charge in [0.05, 0.1) is 17.9 Å². The molecule has 2 aliphatic rings. The summed E-state index contributed by atoms with van der Waals surface area (Å²) in [4.78, 5) is 26.3. The maximum absolute atomic E-state index is 13.1. The molecular formula is C19H27N5O2. The summed E-state index contributed by atoms with van der Waals surface area (Å²) in [6, 6.07) is 2.37. The minimum Gasteiger partial charge on any atom is -0.373 e. The number of carbonyl (C=O) groups excluding carboxylic acids is 1. The fraction of sp³-hybridized carbons (Fsp3) is 0.632. The van der Waals surface area contributed by atoms with Crippen LogP contribution in [0.15, 0.2) is 18.5 Å². The number of aromatic nitrogens is 3. The van der Waals surface area contributed by atoms with Crippen LogP contribution >= 0.6 is 0 Å². The second-order valence-electron chi connectivity index (χ2n) is 7.57. The van der Waals surface area contributed by atoms with Gasteiger partial charge in [0.15, 0.2) is 0 Å². The molecule has 2 fully saturated rings. The van der Waals surface area contributed by atoms with E-state index in [-0.39, 0.29) is 18.1 Å². The molecule has 2 saturated heterocycles. The fourth-order valence-corrected chi connectivity index (χ4v) is 4.36. The fourth-order valence-electron chi connectivity index (χ4n) is 4.36. The Morgan fingerprint density at radius 2 is 1.88 bits per heavy atom. The number of hydrogen-bond donors (Lipinski definition) is 0. The molecule has 2 aromatic rings. The van der Waals surface area contributed by atoms with Crippen molar-refractivity contribution in [2.45, 2.75) is 51.9 Å². The zero-order valence-electron chi connectivity index (χ0n) is 15.8. The maximum Gasteiger partial charge on any atom is 0.272 e. The number of piperidine rings is 1. The van der Waals surface area contributed by atoms with Gasteiger partial charge in [0.2, 0.25) is 5.78 Å². The number of amides is 1. The lowest BCUT2D eigenvalue weighted by molar-refractivity contribution is -0.0856. The summed E-state index contributed by atoms with van der Waals surface area (Å²) in [5.41, 5.74) is 1.38. The highest BCUT2D eigenvalue weighted by Crippen LogP contribution is 2.23. The Morgan fingerprint density at radius 3 is 2.58 bits per heavy atom. The molecule has 0 aliphatic carbocycles. The van der Waals surface area contributed by atoms with Gasteiger partial charge in [-0.3, -0.25) is 14.1 Å². The number of likely N-dealkylation sites (tertiary alicyclic amines) is 1. The van der Waals surface area contributed by atoms with Gasteiger partial charge in [-0.05, 0) is 39.7 Å². The van der Waals surface area contributed by atoms with Gasteiger partial charge in [-0.2, -0.15) is 0 Å². The molecule has 2 aliphatic heterocycles. The summed E-state index contributed by atoms with van der Waals surface area (Å²) in [5.74, 6) is 0.643. The van der Waals surface area contributed by atoms with E-state index in [0.717, 1.165) is 44.7 Å². The third kappa shape index (κ3) is 3.21. The Balaban J connectivity index is 1.44. The molecule has 4 heterocycles. The Bertz CT molecular complexity index is 786. The lowest BCUT2D eigenvalue weighted by atomic mass is 10.0. The summed E-state index contributed by atoms with van der Waals surface area (Å²) in [7, 11) is 0. The number of imidazole rings is 1. The second kappa shape index (κ2) is 6.96. The first-order chi connectivity index (χ1) is 12.5. The van der Waals surface area contributed by atoms with Crippen molar-refractivity contribution in [3.8, 4) is 0 Å². The summed E-state index contributed by atoms with van der Waals surface area (Å²) in [5, 5.41) is 0. The molecule has 2 atom stereocenters. The Kier molecular flexibility index (Phi) is 4.67. The van der Waals surface area contributed by atoms with E-state index < -0.39 is 0 Å². The lowest BCUT2D eigenvalue weighted by Crippen LogP contribution is -2.53. The van der Waals surface area contributed by atoms with Crippen molar-refractivity contribution in [2.75, 3.05) is 26.2 Å². The van der Waals surface area contributed by atoms with E-state index in [1.165, 1.54) is 0 Å². The Labute approximate surface area is 154 Å². The molecule has 0 unspecified atom stereocenters. The van der Waals surface area contributed by atoms with E-state index in [1.54, 1.807) is 10.6 Å². The first-order valence-electron chi connectivity index (χ1n) is 9.51. The van der Waals surface area contributed by atoms with Crippen molar-refractivity contribution >= 4 is 11.7 Å². The highest BCUT2D eigenvalue weighted by Gasteiger charge is 2.32. The predicted octanol–water partition coefficient (Wildman–Crippen LogP) is 1.75. The Hall–Kier alpha value is -1.99. The van der Waals surface area contributed by atoms with E-state index in [0.29, 0.717) is 17.5 Å². The van der Waals surface area contributed by atoms with E-state index in [2.05, 4.69) is 28.7 Å². The van der Waals surface area contributed by atoms with Gasteiger partial charge >= 0.3 is 0 Å². The average molecular weight is 357 g/mol. The molecular weight excluding hydrogens is 330 g/mol. The van der Waals surface area contributed by atoms with Crippen LogP contribution in [-0.2, 0) is 4.74 Å². The number of morpholine rings is 1. The monoisotopic (exact) mass is 357 g/mol. The molecule has 7 heteroatoms. The number of rotatable bonds is 2. The van der Waals surface area contributed by atoms with Crippen LogP contribution in [0.4, 0.5) is 0 Å². The first kappa shape index (κ1) is 17.4. The first-order valence-corrected chi connectivity index (χ1v) is 9.51. The number of fused-ring (bicyclic) bond motifs is 1. The van der Waals surface area contributed by atoms with Crippen LogP contribution in [-0.4, -0.2) is 74.5 Å². The molecule has 26 heavy (non-hydrogen) atoms. The molecule has 0 aromatic carbocycles. The highest BCUT2D eigenvalue weighted by molar-refractivity contribution is 5.94. The molecule has 0 radical (unpaired) electrons. The van der Waals surface area contributed by atoms with Crippen LogP contribution in [0.2, 0.25) is 0 Å². The summed E-state index contributed by atoms with van der Waals surface area (Å²) < 4.78 is 7.65. The topological polar surface area (TPSA) is 63.0 Å². The van der Waals surface area contributed by atoms with Gasteiger partial charge in [-0.15, -0.1) is 0 Å². The van der Waals surface area contributed by atoms with Crippen LogP contribution in [0.1, 0.15) is 42.9 Å². The molecule has 0 saturated carbocycles. The summed E-state index contributed by atoms with van der Waals surface area (Å²) in [6.07, 6.45) is 6.15. The van der Waals surface area contributed by atoms with Gasteiger partial charge in [0.25, 0.3) is 5.91 Å². The normalized spacial score (nSPS) is 25.7. The van der Waals surface area contributed by atoms with Gasteiger partial charge in [-0.25, -0.2) is 9.97 Å². The largest absolute Gasteiger partial charge is 0.373 e. The third-order valence-corrected chi connectivity index (χ3v) is 5.50. The third-order valence-electron chi connectivity index (χ3n) is 5.50. The van der Waals surface area contributed by atoms with E-state index in [1.807, 2.05) is 24.1 Å². The van der Waals surface area contributed by atoms with Crippen LogP contribution in [0.5, 0.6) is 0 Å². The van der Waals surface area contributed by atoms with Gasteiger partial charge in [0.1, 0.15) is 5.69 Å². The van der Waals surface area contributed by atoms with E-state index in [4.69, 9.17) is 4.74 Å². The number of nitrogens with zero attached hydrogens (tertiary/aromatic N) is 5. The van der Waals surface area contributed by atoms with Gasteiger partial charge in [0, 0.05) is 44.6 Å². The number of hydrogen-bond acceptors (Lipinski definition) is 5. The SMILES string of the molecule is Cc1nc2ncccn2c1C(=O)N1CCC(N2C[C@@H](C)O[C@@H](C)C2)CC1. The molecule has 4 rings (SSSR count). The van der Waals surface area contributed by atoms with Crippen LogP contribution < -0.4 is 0 Å². The summed E-state index contributed by atoms with van der Waals surface area (Å²) in [6.45, 7) is 9.71. The van der Waals surface area contributed by atoms with E-state index in [9.17, 15) is 4.79 Å². The second-order valence-corrected chi connectivity index (χ2v) is 7.57. The minimum absolute atomic E-state index is 0.0603. The van der Waals surface area contributed by atoms with Crippen molar-refractivity contribution in [2.24, 2.45) is 0 Å². The minimum atomic E-state index is 0.0603. The van der Waals surface area contributed by atoms with Gasteiger partial charge in [-0.1, -0.05) is 0 Å². The molecule has 0 N–H and O–H groups in total. The number of aryl methyl sites for hydroxylation is 1. The van der Waals surface area contributed by atoms with Crippen LogP contribution in [0.25, 0.3) is 5.78 Å². The molecule has 140 valence electrons. The average Bonchev–Trinajstić information content (AvgIpc) is 2.96. The van der Waals surface area contributed by atoms with Crippen molar-refractivity contribution in [1.82, 2.24) is 24.2 Å². The van der Waals surface area contributed by atoms with Crippen LogP contribution in [0, 0.1) is 6.92 Å². The molecule has 0 spiro atoms. The zero-order valence-corrected chi connectivity index (χ0v) is 15.8. The Morgan fingerprint density at radius 1 is 1.19 bits per heavy atom. The lowest BCUT2D eigenvalue weighted by Gasteiger charge is -2.43. The van der Waals surface area contributed by atoms with Crippen molar-refractivity contribution in [1.29, 1.82) is 0 Å². The maximum atomic E-state index is 13.1. The molecule has 7 nitrogen and oxygen atoms in total. The highest BCUT2D eigenvalue weighted by atomic mass is 16.5. The molecule has 0 bridgehead atoms. The van der Waals surface area contributed by atoms with Crippen molar-refractivity contribution in [3.05, 3.63) is 29.8 Å². The number of carbonyl (C=O) groups is 1. The summed E-state index contributed by atoms with van der Waals surface area (Å²) >= 11 is 0. The zero-order chi connectivity index (χ0) is 18.3.